The molecule has 1 aliphatic heterocycles. The summed E-state index contributed by atoms with van der Waals surface area (Å²) in [4.78, 5) is 65.6. The number of halogens is 3. The zero-order valence-corrected chi connectivity index (χ0v) is 40.1. The van der Waals surface area contributed by atoms with Crippen LogP contribution in [0.25, 0.3) is 9.69 Å². The molecular weight excluding hydrogens is 914 g/mol. The van der Waals surface area contributed by atoms with Gasteiger partial charge in [-0.05, 0) is 119 Å². The highest BCUT2D eigenvalue weighted by Gasteiger charge is 2.50. The number of nitrogen functional groups attached to an aromatic ring is 1. The first-order valence-corrected chi connectivity index (χ1v) is 23.4. The summed E-state index contributed by atoms with van der Waals surface area (Å²) in [5.41, 5.74) is 2.81. The third-order valence-corrected chi connectivity index (χ3v) is 9.36. The molecule has 4 aromatic rings. The molecule has 0 bridgehead atoms. The molecule has 360 valence electrons. The summed E-state index contributed by atoms with van der Waals surface area (Å²) in [6, 6.07) is 14.6. The second-order valence-corrected chi connectivity index (χ2v) is 20.2. The Kier molecular flexibility index (Phi) is 15.2. The summed E-state index contributed by atoms with van der Waals surface area (Å²) < 4.78 is 131. The van der Waals surface area contributed by atoms with Gasteiger partial charge in [0.25, 0.3) is 29.3 Å². The summed E-state index contributed by atoms with van der Waals surface area (Å²) in [5.74, 6) is -6.38. The monoisotopic (exact) mass is 982 g/mol. The van der Waals surface area contributed by atoms with Crippen molar-refractivity contribution in [2.75, 3.05) is 42.0 Å². The van der Waals surface area contributed by atoms with Gasteiger partial charge in [-0.15, -0.1) is 0 Å². The van der Waals surface area contributed by atoms with Gasteiger partial charge in [-0.25, -0.2) is 29.9 Å². The third-order valence-electron chi connectivity index (χ3n) is 8.32. The van der Waals surface area contributed by atoms with Gasteiger partial charge in [-0.2, -0.15) is 0 Å². The Morgan fingerprint density at radius 1 is 0.838 bits per heavy atom. The van der Waals surface area contributed by atoms with Gasteiger partial charge in [0, 0.05) is 79.8 Å². The van der Waals surface area contributed by atoms with E-state index in [2.05, 4.69) is 36.6 Å². The molecule has 1 fully saturated rings. The van der Waals surface area contributed by atoms with Crippen molar-refractivity contribution in [2.45, 2.75) is 79.0 Å². The van der Waals surface area contributed by atoms with Gasteiger partial charge in [0.15, 0.2) is 18.9 Å². The number of aryl methyl sites for hydroxylation is 1. The predicted molar refractivity (Wildman–Crippen MR) is 267 cm³/mol. The van der Waals surface area contributed by atoms with Crippen LogP contribution in [0.2, 0.25) is 19.6 Å². The number of thiocarbonyl (C=S) groups is 1. The number of amides is 4. The summed E-state index contributed by atoms with van der Waals surface area (Å²) >= 11 is 5.41. The fraction of sp³-hybridized carbons (Fsp3) is 0.312. The fourth-order valence-corrected chi connectivity index (χ4v) is 5.49. The molecule has 0 radical (unpaired) electrons. The summed E-state index contributed by atoms with van der Waals surface area (Å²) in [6.07, 6.45) is 0. The summed E-state index contributed by atoms with van der Waals surface area (Å²) in [7, 11) is 2.78. The van der Waals surface area contributed by atoms with E-state index in [1.165, 1.54) is 70.5 Å². The standard InChI is InChI=1S/C21H19FN4O2S.C12H14FN3O.C8H9FN2O.C4H9NSi.C3H6O/c1-12-10-13(7-9-17(12)23-4)25-19(28)21(2,3)26(20(25)29)14-6-8-15(16(22)11-14)18(27)24-5;1-12(2,15-4)16-8-5-6-9(10(13)7-8)11(17)14-3;1-11-8(12)6-3-2-5(10)4-7(6)9;1-6(2,3)4-5;1-3(2)4/h6-11H,1-3,5H3,(H,24,27);5-7,16H,1-3H3,(H,14,17);2-4H,10H2,1H3,(H,11,12);1-3H3;1-2H3/i2D3,3D3;1D3;;;1D3. The van der Waals surface area contributed by atoms with Crippen molar-refractivity contribution in [1.29, 1.82) is 5.26 Å². The number of nitrogens with zero attached hydrogens (tertiary/aromatic N) is 5. The highest BCUT2D eigenvalue weighted by molar-refractivity contribution is 7.81. The molecule has 4 amide bonds. The van der Waals surface area contributed by atoms with E-state index in [1.54, 1.807) is 6.92 Å². The number of benzene rings is 4. The summed E-state index contributed by atoms with van der Waals surface area (Å²) in [6.45, 7) is 12.2. The van der Waals surface area contributed by atoms with Gasteiger partial charge in [-0.3, -0.25) is 28.9 Å². The zero-order chi connectivity index (χ0) is 62.5. The molecule has 0 spiro atoms. The minimum atomic E-state index is -3.45. The predicted octanol–water partition coefficient (Wildman–Crippen LogP) is 8.96. The molecule has 15 nitrogen and oxygen atoms in total. The Morgan fingerprint density at radius 2 is 1.31 bits per heavy atom. The Labute approximate surface area is 419 Å². The lowest BCUT2D eigenvalue weighted by Gasteiger charge is -2.29. The minimum absolute atomic E-state index is 0.00620. The molecule has 20 heteroatoms. The number of nitrogens with one attached hydrogen (secondary N) is 4. The fourth-order valence-electron chi connectivity index (χ4n) is 5.06. The smallest absolute Gasteiger partial charge is 0.299 e. The van der Waals surface area contributed by atoms with Crippen LogP contribution in [0.15, 0.2) is 72.8 Å². The van der Waals surface area contributed by atoms with Crippen molar-refractivity contribution < 1.29 is 53.6 Å². The van der Waals surface area contributed by atoms with E-state index >= 15 is 0 Å². The molecule has 1 aliphatic rings. The number of carbonyl (C=O) groups excluding carboxylic acids is 5. The molecule has 0 aromatic heterocycles. The van der Waals surface area contributed by atoms with Crippen LogP contribution in [0.5, 0.6) is 0 Å². The van der Waals surface area contributed by atoms with Crippen molar-refractivity contribution in [3.8, 4) is 5.69 Å². The number of nitrogens with two attached hydrogens (primary N) is 1. The number of Topliss-reactive ketones (excluding diaryl/α,β-unsaturated/α-hetero) is 1. The molecule has 5 rings (SSSR count). The van der Waals surface area contributed by atoms with E-state index in [9.17, 15) is 37.1 Å². The molecule has 0 aliphatic carbocycles. The van der Waals surface area contributed by atoms with Crippen molar-refractivity contribution in [1.82, 2.24) is 16.0 Å². The maximum Gasteiger partial charge on any atom is 0.299 e. The summed E-state index contributed by atoms with van der Waals surface area (Å²) in [5, 5.41) is 17.0. The Morgan fingerprint density at radius 3 is 1.69 bits per heavy atom. The maximum absolute atomic E-state index is 14.8. The number of carbonyl (C=O) groups is 5. The van der Waals surface area contributed by atoms with Gasteiger partial charge in [0.1, 0.15) is 28.8 Å². The van der Waals surface area contributed by atoms with Crippen molar-refractivity contribution >= 4 is 83.3 Å². The largest absolute Gasteiger partial charge is 0.399 e. The van der Waals surface area contributed by atoms with E-state index in [1.807, 2.05) is 19.6 Å². The van der Waals surface area contributed by atoms with E-state index in [4.69, 9.17) is 52.8 Å². The average Bonchev–Trinajstić information content (AvgIpc) is 3.60. The SMILES string of the molecule is CNC(=O)c1ccc(N)cc1F.C[Si](C)(C)C#N.[2H]C([2H])([2H])C(C)([N+]#[C-])Nc1ccc(C(=O)NC)c(F)c1.[2H]C([2H])([2H])C(C)=O.[2H]C([2H])([2H])C1(C([2H])([2H])[2H])C(=O)N(c2ccc([N+]#[C-])c(C)c2)C(=S)N1c1ccc(C(=O)NC)c(F)c1. The van der Waals surface area contributed by atoms with E-state index in [0.717, 1.165) is 42.2 Å². The maximum atomic E-state index is 14.8. The second kappa shape index (κ2) is 25.3. The lowest BCUT2D eigenvalue weighted by atomic mass is 10.0. The van der Waals surface area contributed by atoms with Gasteiger partial charge in [0.05, 0.1) is 23.3 Å². The highest BCUT2D eigenvalue weighted by Crippen LogP contribution is 2.38. The molecule has 1 atom stereocenters. The number of ketones is 1. The Bertz CT molecular complexity index is 3110. The number of hydrogen-bond donors (Lipinski definition) is 5. The second-order valence-electron chi connectivity index (χ2n) is 15.1. The highest BCUT2D eigenvalue weighted by atomic mass is 32.1. The van der Waals surface area contributed by atoms with Crippen LogP contribution in [0.1, 0.15) is 94.3 Å². The quantitative estimate of drug-likeness (QED) is 0.0516. The van der Waals surface area contributed by atoms with E-state index < -0.39 is 98.7 Å². The molecule has 68 heavy (non-hydrogen) atoms. The number of rotatable bonds is 7. The zero-order valence-electron chi connectivity index (χ0n) is 50.3. The molecular formula is C48H57F3N10O5SSi. The molecule has 0 saturated carbocycles. The third kappa shape index (κ3) is 16.7. The van der Waals surface area contributed by atoms with Gasteiger partial charge >= 0.3 is 0 Å². The number of hydrogen-bond acceptors (Lipinski definition) is 9. The van der Waals surface area contributed by atoms with E-state index in [-0.39, 0.29) is 39.4 Å². The number of nitriles is 1. The normalized spacial score (nSPS) is 16.2. The van der Waals surface area contributed by atoms with Crippen LogP contribution in [-0.2, 0) is 9.59 Å². The van der Waals surface area contributed by atoms with Crippen LogP contribution in [0.3, 0.4) is 0 Å². The lowest BCUT2D eigenvalue weighted by molar-refractivity contribution is -0.120. The average molecular weight is 983 g/mol. The number of anilines is 4. The Balaban J connectivity index is 0.000000593. The molecule has 1 heterocycles. The molecule has 1 unspecified atom stereocenters. The first kappa shape index (κ1) is 40.7. The van der Waals surface area contributed by atoms with Crippen molar-refractivity contribution in [3.05, 3.63) is 135 Å². The van der Waals surface area contributed by atoms with Crippen LogP contribution in [-0.4, -0.2) is 74.9 Å². The molecule has 6 N–H and O–H groups in total. The minimum Gasteiger partial charge on any atom is -0.399 e. The van der Waals surface area contributed by atoms with Gasteiger partial charge in [0.2, 0.25) is 0 Å². The van der Waals surface area contributed by atoms with Gasteiger partial charge in [-0.1, -0.05) is 25.7 Å². The first-order chi connectivity index (χ1) is 36.4. The van der Waals surface area contributed by atoms with Crippen LogP contribution in [0.4, 0.5) is 41.6 Å². The van der Waals surface area contributed by atoms with Crippen LogP contribution in [0, 0.1) is 48.5 Å². The van der Waals surface area contributed by atoms with Crippen LogP contribution >= 0.6 is 12.2 Å². The molecule has 1 saturated heterocycles. The molecule has 4 aromatic carbocycles. The van der Waals surface area contributed by atoms with E-state index in [0.29, 0.717) is 16.2 Å². The van der Waals surface area contributed by atoms with Crippen molar-refractivity contribution in [3.63, 3.8) is 0 Å². The topological polar surface area (TPSA) is 198 Å². The Hall–Kier alpha value is -7.60. The van der Waals surface area contributed by atoms with Crippen LogP contribution < -0.4 is 36.8 Å². The first-order valence-electron chi connectivity index (χ1n) is 25.5. The van der Waals surface area contributed by atoms with Gasteiger partial charge < -0.3 is 36.7 Å². The van der Waals surface area contributed by atoms with Crippen molar-refractivity contribution in [2.24, 2.45) is 0 Å². The lowest BCUT2D eigenvalue weighted by Crippen LogP contribution is -2.44.